The average Bonchev–Trinajstić information content (AvgIpc) is 3.07. The summed E-state index contributed by atoms with van der Waals surface area (Å²) >= 11 is 0. The minimum atomic E-state index is -0.100. The van der Waals surface area contributed by atoms with Crippen molar-refractivity contribution in [2.24, 2.45) is 0 Å². The molecule has 2 heterocycles. The van der Waals surface area contributed by atoms with Crippen LogP contribution in [0.4, 0.5) is 0 Å². The van der Waals surface area contributed by atoms with E-state index in [1.165, 1.54) is 5.56 Å². The molecule has 0 saturated carbocycles. The monoisotopic (exact) mass is 273 g/mol. The maximum Gasteiger partial charge on any atom is 0.272 e. The molecule has 0 spiro atoms. The number of H-pyrrole nitrogens is 2. The van der Waals surface area contributed by atoms with E-state index in [0.29, 0.717) is 5.69 Å². The fraction of sp³-hybridized carbons (Fsp3) is 0.500. The molecule has 2 aromatic heterocycles. The van der Waals surface area contributed by atoms with Crippen LogP contribution < -0.4 is 5.32 Å². The molecule has 3 rings (SSSR count). The number of rotatable bonds is 4. The topological polar surface area (TPSA) is 86.5 Å². The Labute approximate surface area is 117 Å². The Morgan fingerprint density at radius 3 is 3.25 bits per heavy atom. The number of carbonyl (C=O) groups excluding carboxylic acids is 1. The molecule has 0 aliphatic heterocycles. The molecule has 1 amide bonds. The Hall–Kier alpha value is -2.11. The van der Waals surface area contributed by atoms with E-state index in [0.717, 1.165) is 43.5 Å². The van der Waals surface area contributed by atoms with Gasteiger partial charge in [-0.05, 0) is 30.9 Å². The first-order chi connectivity index (χ1) is 9.76. The van der Waals surface area contributed by atoms with Crippen molar-refractivity contribution in [1.82, 2.24) is 25.7 Å². The van der Waals surface area contributed by atoms with Crippen LogP contribution in [0.15, 0.2) is 12.3 Å². The van der Waals surface area contributed by atoms with Gasteiger partial charge in [0.1, 0.15) is 5.69 Å². The molecule has 1 atom stereocenters. The predicted octanol–water partition coefficient (Wildman–Crippen LogP) is 1.37. The second-order valence-corrected chi connectivity index (χ2v) is 5.32. The fourth-order valence-corrected chi connectivity index (χ4v) is 2.67. The van der Waals surface area contributed by atoms with E-state index in [1.807, 2.05) is 12.3 Å². The van der Waals surface area contributed by atoms with Crippen LogP contribution in [0, 0.1) is 0 Å². The lowest BCUT2D eigenvalue weighted by atomic mass is 9.94. The van der Waals surface area contributed by atoms with Crippen molar-refractivity contribution in [3.63, 3.8) is 0 Å². The summed E-state index contributed by atoms with van der Waals surface area (Å²) in [5, 5.41) is 17.1. The van der Waals surface area contributed by atoms with Crippen LogP contribution in [0.5, 0.6) is 0 Å². The zero-order chi connectivity index (χ0) is 13.9. The molecule has 1 aliphatic rings. The zero-order valence-corrected chi connectivity index (χ0v) is 11.6. The summed E-state index contributed by atoms with van der Waals surface area (Å²) in [5.41, 5.74) is 3.89. The molecular weight excluding hydrogens is 254 g/mol. The molecule has 3 N–H and O–H groups in total. The number of hydrogen-bond acceptors (Lipinski definition) is 3. The van der Waals surface area contributed by atoms with Crippen LogP contribution in [0.3, 0.4) is 0 Å². The number of amides is 1. The van der Waals surface area contributed by atoms with E-state index in [2.05, 4.69) is 32.6 Å². The van der Waals surface area contributed by atoms with Gasteiger partial charge >= 0.3 is 0 Å². The number of nitrogens with one attached hydrogen (secondary N) is 3. The largest absolute Gasteiger partial charge is 0.348 e. The number of aromatic nitrogens is 4. The summed E-state index contributed by atoms with van der Waals surface area (Å²) in [7, 11) is 0. The van der Waals surface area contributed by atoms with Crippen molar-refractivity contribution >= 4 is 5.91 Å². The Morgan fingerprint density at radius 1 is 1.50 bits per heavy atom. The fourth-order valence-electron chi connectivity index (χ4n) is 2.67. The smallest absolute Gasteiger partial charge is 0.272 e. The Balaban J connectivity index is 1.61. The molecule has 6 heteroatoms. The predicted molar refractivity (Wildman–Crippen MR) is 74.4 cm³/mol. The lowest BCUT2D eigenvalue weighted by Crippen LogP contribution is -2.39. The number of nitrogens with zero attached hydrogens (tertiary/aromatic N) is 2. The molecule has 20 heavy (non-hydrogen) atoms. The average molecular weight is 273 g/mol. The third-order valence-corrected chi connectivity index (χ3v) is 3.74. The summed E-state index contributed by atoms with van der Waals surface area (Å²) in [6, 6.07) is 1.99. The normalized spacial score (nSPS) is 17.8. The van der Waals surface area contributed by atoms with E-state index >= 15 is 0 Å². The first kappa shape index (κ1) is 12.9. The van der Waals surface area contributed by atoms with Gasteiger partial charge in [-0.2, -0.15) is 10.2 Å². The van der Waals surface area contributed by atoms with E-state index in [1.54, 1.807) is 0 Å². The van der Waals surface area contributed by atoms with Crippen molar-refractivity contribution < 1.29 is 4.79 Å². The van der Waals surface area contributed by atoms with Crippen molar-refractivity contribution in [3.8, 4) is 0 Å². The molecule has 0 aromatic carbocycles. The van der Waals surface area contributed by atoms with E-state index < -0.39 is 0 Å². The van der Waals surface area contributed by atoms with Gasteiger partial charge in [-0.3, -0.25) is 15.0 Å². The van der Waals surface area contributed by atoms with Crippen molar-refractivity contribution in [1.29, 1.82) is 0 Å². The summed E-state index contributed by atoms with van der Waals surface area (Å²) in [6.45, 7) is 2.10. The highest BCUT2D eigenvalue weighted by Crippen LogP contribution is 2.19. The van der Waals surface area contributed by atoms with Gasteiger partial charge in [0.05, 0.1) is 6.20 Å². The maximum atomic E-state index is 12.2. The third kappa shape index (κ3) is 2.59. The van der Waals surface area contributed by atoms with Crippen LogP contribution in [0.2, 0.25) is 0 Å². The Bertz CT molecular complexity index is 600. The Morgan fingerprint density at radius 2 is 2.40 bits per heavy atom. The quantitative estimate of drug-likeness (QED) is 0.786. The molecule has 1 unspecified atom stereocenters. The highest BCUT2D eigenvalue weighted by molar-refractivity contribution is 5.92. The van der Waals surface area contributed by atoms with Crippen LogP contribution >= 0.6 is 0 Å². The van der Waals surface area contributed by atoms with Gasteiger partial charge in [-0.25, -0.2) is 0 Å². The molecule has 0 saturated heterocycles. The number of fused-ring (bicyclic) bond motifs is 1. The van der Waals surface area contributed by atoms with Gasteiger partial charge in [0.15, 0.2) is 0 Å². The van der Waals surface area contributed by atoms with Crippen LogP contribution in [-0.4, -0.2) is 32.3 Å². The Kier molecular flexibility index (Phi) is 3.54. The number of carbonyl (C=O) groups is 1. The zero-order valence-electron chi connectivity index (χ0n) is 11.6. The number of aryl methyl sites for hydroxylation is 2. The molecule has 6 nitrogen and oxygen atoms in total. The van der Waals surface area contributed by atoms with Crippen molar-refractivity contribution in [3.05, 3.63) is 34.9 Å². The van der Waals surface area contributed by atoms with Crippen LogP contribution in [-0.2, 0) is 19.3 Å². The summed E-state index contributed by atoms with van der Waals surface area (Å²) in [4.78, 5) is 12.2. The SMILES string of the molecule is CCCc1cc(C(=O)NC2CCc3cn[nH]c3C2)n[nH]1. The van der Waals surface area contributed by atoms with Gasteiger partial charge < -0.3 is 5.32 Å². The second kappa shape index (κ2) is 5.48. The molecule has 0 bridgehead atoms. The number of aromatic amines is 2. The third-order valence-electron chi connectivity index (χ3n) is 3.74. The highest BCUT2D eigenvalue weighted by Gasteiger charge is 2.22. The van der Waals surface area contributed by atoms with E-state index in [4.69, 9.17) is 0 Å². The minimum absolute atomic E-state index is 0.100. The molecule has 106 valence electrons. The molecular formula is C14H19N5O. The number of hydrogen-bond donors (Lipinski definition) is 3. The molecule has 1 aliphatic carbocycles. The first-order valence-electron chi connectivity index (χ1n) is 7.12. The summed E-state index contributed by atoms with van der Waals surface area (Å²) in [6.07, 6.45) is 6.55. The minimum Gasteiger partial charge on any atom is -0.348 e. The lowest BCUT2D eigenvalue weighted by Gasteiger charge is -2.22. The highest BCUT2D eigenvalue weighted by atomic mass is 16.2. The first-order valence-corrected chi connectivity index (χ1v) is 7.12. The standard InChI is InChI=1S/C14H19N5O/c1-2-3-11-7-13(19-17-11)14(20)16-10-5-4-9-8-15-18-12(9)6-10/h7-8,10H,2-6H2,1H3,(H,15,18)(H,16,20)(H,17,19). The van der Waals surface area contributed by atoms with Crippen LogP contribution in [0.1, 0.15) is 47.2 Å². The van der Waals surface area contributed by atoms with Gasteiger partial charge in [-0.15, -0.1) is 0 Å². The van der Waals surface area contributed by atoms with Crippen molar-refractivity contribution in [2.75, 3.05) is 0 Å². The molecule has 2 aromatic rings. The van der Waals surface area contributed by atoms with E-state index in [-0.39, 0.29) is 11.9 Å². The van der Waals surface area contributed by atoms with Gasteiger partial charge in [-0.1, -0.05) is 13.3 Å². The van der Waals surface area contributed by atoms with E-state index in [9.17, 15) is 4.79 Å². The lowest BCUT2D eigenvalue weighted by molar-refractivity contribution is 0.0928. The van der Waals surface area contributed by atoms with Gasteiger partial charge in [0, 0.05) is 23.9 Å². The van der Waals surface area contributed by atoms with Crippen LogP contribution in [0.25, 0.3) is 0 Å². The second-order valence-electron chi connectivity index (χ2n) is 5.32. The summed E-state index contributed by atoms with van der Waals surface area (Å²) in [5.74, 6) is -0.100. The maximum absolute atomic E-state index is 12.2. The van der Waals surface area contributed by atoms with Gasteiger partial charge in [0.2, 0.25) is 0 Å². The van der Waals surface area contributed by atoms with Gasteiger partial charge in [0.25, 0.3) is 5.91 Å². The molecule has 0 fully saturated rings. The summed E-state index contributed by atoms with van der Waals surface area (Å²) < 4.78 is 0. The van der Waals surface area contributed by atoms with Crippen molar-refractivity contribution in [2.45, 2.75) is 45.1 Å². The molecule has 0 radical (unpaired) electrons.